The number of fused-ring (bicyclic) bond motifs is 1. The van der Waals surface area contributed by atoms with E-state index in [1.165, 1.54) is 0 Å². The fourth-order valence-corrected chi connectivity index (χ4v) is 4.20. The Hall–Kier alpha value is -2.41. The third kappa shape index (κ3) is 3.43. The lowest BCUT2D eigenvalue weighted by Crippen LogP contribution is -2.52. The van der Waals surface area contributed by atoms with Crippen LogP contribution in [0.4, 0.5) is 0 Å². The first-order chi connectivity index (χ1) is 13.1. The van der Waals surface area contributed by atoms with E-state index >= 15 is 0 Å². The standard InChI is InChI=1S/C20H25N3O4/c1-2-22-10-8-14(9-11-22)27-16-5-3-4-13-12-23(20(26)18(13)16)15-6-7-17(24)21-19(15)25/h3-5,14-15H,2,6-12H2,1H3,(H,21,24,25). The summed E-state index contributed by atoms with van der Waals surface area (Å²) in [6.07, 6.45) is 2.63. The number of imide groups is 1. The van der Waals surface area contributed by atoms with Crippen LogP contribution in [-0.4, -0.2) is 59.3 Å². The highest BCUT2D eigenvalue weighted by atomic mass is 16.5. The van der Waals surface area contributed by atoms with Crippen molar-refractivity contribution in [1.82, 2.24) is 15.1 Å². The molecule has 2 saturated heterocycles. The van der Waals surface area contributed by atoms with Crippen molar-refractivity contribution in [2.45, 2.75) is 51.3 Å². The van der Waals surface area contributed by atoms with E-state index < -0.39 is 6.04 Å². The molecule has 0 bridgehead atoms. The molecule has 3 heterocycles. The smallest absolute Gasteiger partial charge is 0.258 e. The molecule has 1 atom stereocenters. The lowest BCUT2D eigenvalue weighted by molar-refractivity contribution is -0.136. The van der Waals surface area contributed by atoms with Crippen LogP contribution < -0.4 is 10.1 Å². The zero-order valence-electron chi connectivity index (χ0n) is 15.6. The number of amides is 3. The van der Waals surface area contributed by atoms with E-state index in [0.717, 1.165) is 38.0 Å². The van der Waals surface area contributed by atoms with E-state index in [-0.39, 0.29) is 30.2 Å². The Balaban J connectivity index is 1.50. The Kier molecular flexibility index (Phi) is 4.86. The van der Waals surface area contributed by atoms with Crippen LogP contribution in [0, 0.1) is 0 Å². The fourth-order valence-electron chi connectivity index (χ4n) is 4.20. The first-order valence-corrected chi connectivity index (χ1v) is 9.72. The summed E-state index contributed by atoms with van der Waals surface area (Å²) < 4.78 is 6.21. The molecule has 1 aromatic carbocycles. The molecule has 1 N–H and O–H groups in total. The van der Waals surface area contributed by atoms with E-state index in [0.29, 0.717) is 24.3 Å². The molecule has 3 aliphatic rings. The number of benzene rings is 1. The Morgan fingerprint density at radius 2 is 1.93 bits per heavy atom. The van der Waals surface area contributed by atoms with Crippen LogP contribution in [0.5, 0.6) is 5.75 Å². The largest absolute Gasteiger partial charge is 0.489 e. The summed E-state index contributed by atoms with van der Waals surface area (Å²) in [6, 6.07) is 5.06. The predicted octanol–water partition coefficient (Wildman–Crippen LogP) is 1.31. The summed E-state index contributed by atoms with van der Waals surface area (Å²) in [7, 11) is 0. The van der Waals surface area contributed by atoms with Crippen LogP contribution in [0.1, 0.15) is 48.5 Å². The number of carbonyl (C=O) groups excluding carboxylic acids is 3. The van der Waals surface area contributed by atoms with E-state index in [2.05, 4.69) is 17.1 Å². The molecule has 0 aromatic heterocycles. The Morgan fingerprint density at radius 1 is 1.15 bits per heavy atom. The van der Waals surface area contributed by atoms with Gasteiger partial charge in [-0.05, 0) is 37.4 Å². The van der Waals surface area contributed by atoms with Gasteiger partial charge in [-0.15, -0.1) is 0 Å². The van der Waals surface area contributed by atoms with Gasteiger partial charge in [0, 0.05) is 26.1 Å². The molecular weight excluding hydrogens is 346 g/mol. The number of nitrogens with zero attached hydrogens (tertiary/aromatic N) is 2. The van der Waals surface area contributed by atoms with Gasteiger partial charge in [-0.25, -0.2) is 0 Å². The molecule has 0 radical (unpaired) electrons. The zero-order valence-corrected chi connectivity index (χ0v) is 15.6. The Labute approximate surface area is 158 Å². The van der Waals surface area contributed by atoms with Gasteiger partial charge in [-0.1, -0.05) is 19.1 Å². The summed E-state index contributed by atoms with van der Waals surface area (Å²) in [6.45, 7) is 5.60. The van der Waals surface area contributed by atoms with Gasteiger partial charge in [-0.3, -0.25) is 19.7 Å². The van der Waals surface area contributed by atoms with Gasteiger partial charge in [0.25, 0.3) is 5.91 Å². The minimum absolute atomic E-state index is 0.108. The third-order valence-electron chi connectivity index (χ3n) is 5.79. The molecule has 1 aromatic rings. The second-order valence-corrected chi connectivity index (χ2v) is 7.44. The average molecular weight is 371 g/mol. The fraction of sp³-hybridized carbons (Fsp3) is 0.550. The Morgan fingerprint density at radius 3 is 2.63 bits per heavy atom. The summed E-state index contributed by atoms with van der Waals surface area (Å²) in [5.41, 5.74) is 1.45. The van der Waals surface area contributed by atoms with Crippen molar-refractivity contribution < 1.29 is 19.1 Å². The van der Waals surface area contributed by atoms with Crippen LogP contribution in [-0.2, 0) is 16.1 Å². The number of rotatable bonds is 4. The molecule has 0 aliphatic carbocycles. The molecule has 1 unspecified atom stereocenters. The van der Waals surface area contributed by atoms with Crippen molar-refractivity contribution in [3.05, 3.63) is 29.3 Å². The monoisotopic (exact) mass is 371 g/mol. The number of likely N-dealkylation sites (tertiary alicyclic amines) is 1. The lowest BCUT2D eigenvalue weighted by atomic mass is 10.0. The molecule has 144 valence electrons. The summed E-state index contributed by atoms with van der Waals surface area (Å²) in [5, 5.41) is 2.34. The molecule has 3 amide bonds. The maximum absolute atomic E-state index is 13.1. The minimum atomic E-state index is -0.594. The van der Waals surface area contributed by atoms with Crippen molar-refractivity contribution >= 4 is 17.7 Å². The summed E-state index contributed by atoms with van der Waals surface area (Å²) in [4.78, 5) is 40.6. The number of hydrogen-bond acceptors (Lipinski definition) is 5. The SMILES string of the molecule is CCN1CCC(Oc2cccc3c2C(=O)N(C2CCC(=O)NC2=O)C3)CC1. The minimum Gasteiger partial charge on any atom is -0.489 e. The van der Waals surface area contributed by atoms with Crippen LogP contribution in [0.3, 0.4) is 0 Å². The highest BCUT2D eigenvalue weighted by Gasteiger charge is 2.40. The normalized spacial score (nSPS) is 24.1. The molecular formula is C20H25N3O4. The number of piperidine rings is 2. The quantitative estimate of drug-likeness (QED) is 0.808. The first-order valence-electron chi connectivity index (χ1n) is 9.72. The van der Waals surface area contributed by atoms with E-state index in [4.69, 9.17) is 4.74 Å². The van der Waals surface area contributed by atoms with Crippen molar-refractivity contribution in [2.75, 3.05) is 19.6 Å². The van der Waals surface area contributed by atoms with Gasteiger partial charge in [0.05, 0.1) is 5.56 Å². The highest BCUT2D eigenvalue weighted by molar-refractivity contribution is 6.06. The maximum atomic E-state index is 13.1. The average Bonchev–Trinajstić information content (AvgIpc) is 3.00. The topological polar surface area (TPSA) is 79.0 Å². The maximum Gasteiger partial charge on any atom is 0.258 e. The van der Waals surface area contributed by atoms with Gasteiger partial charge in [0.2, 0.25) is 11.8 Å². The van der Waals surface area contributed by atoms with Crippen LogP contribution in [0.15, 0.2) is 18.2 Å². The number of ether oxygens (including phenoxy) is 1. The van der Waals surface area contributed by atoms with Crippen LogP contribution in [0.25, 0.3) is 0 Å². The van der Waals surface area contributed by atoms with E-state index in [9.17, 15) is 14.4 Å². The number of hydrogen-bond donors (Lipinski definition) is 1. The van der Waals surface area contributed by atoms with E-state index in [1.807, 2.05) is 18.2 Å². The molecule has 27 heavy (non-hydrogen) atoms. The molecule has 2 fully saturated rings. The van der Waals surface area contributed by atoms with Gasteiger partial charge < -0.3 is 14.5 Å². The molecule has 4 rings (SSSR count). The van der Waals surface area contributed by atoms with E-state index in [1.54, 1.807) is 4.90 Å². The molecule has 0 saturated carbocycles. The van der Waals surface area contributed by atoms with Crippen molar-refractivity contribution in [2.24, 2.45) is 0 Å². The third-order valence-corrected chi connectivity index (χ3v) is 5.79. The molecule has 3 aliphatic heterocycles. The predicted molar refractivity (Wildman–Crippen MR) is 98.3 cm³/mol. The highest BCUT2D eigenvalue weighted by Crippen LogP contribution is 2.34. The van der Waals surface area contributed by atoms with Gasteiger partial charge in [-0.2, -0.15) is 0 Å². The van der Waals surface area contributed by atoms with Gasteiger partial charge in [0.15, 0.2) is 0 Å². The van der Waals surface area contributed by atoms with Crippen LogP contribution in [0.2, 0.25) is 0 Å². The van der Waals surface area contributed by atoms with Crippen molar-refractivity contribution in [3.63, 3.8) is 0 Å². The van der Waals surface area contributed by atoms with Gasteiger partial charge in [0.1, 0.15) is 17.9 Å². The summed E-state index contributed by atoms with van der Waals surface area (Å²) in [5.74, 6) is -0.229. The summed E-state index contributed by atoms with van der Waals surface area (Å²) >= 11 is 0. The molecule has 7 nitrogen and oxygen atoms in total. The number of nitrogens with one attached hydrogen (secondary N) is 1. The van der Waals surface area contributed by atoms with Crippen LogP contribution >= 0.6 is 0 Å². The van der Waals surface area contributed by atoms with Crippen molar-refractivity contribution in [1.29, 1.82) is 0 Å². The number of carbonyl (C=O) groups is 3. The zero-order chi connectivity index (χ0) is 19.0. The second-order valence-electron chi connectivity index (χ2n) is 7.44. The lowest BCUT2D eigenvalue weighted by Gasteiger charge is -2.31. The molecule has 0 spiro atoms. The Bertz CT molecular complexity index is 770. The van der Waals surface area contributed by atoms with Gasteiger partial charge >= 0.3 is 0 Å². The first kappa shape index (κ1) is 18.0. The van der Waals surface area contributed by atoms with Crippen molar-refractivity contribution in [3.8, 4) is 5.75 Å². The molecule has 7 heteroatoms. The second kappa shape index (κ2) is 7.31.